The summed E-state index contributed by atoms with van der Waals surface area (Å²) in [5.74, 6) is -0.0348. The average molecular weight is 369 g/mol. The summed E-state index contributed by atoms with van der Waals surface area (Å²) in [4.78, 5) is 15.3. The minimum absolute atomic E-state index is 0.0348. The molecule has 0 spiro atoms. The molecule has 1 aliphatic carbocycles. The molecule has 0 radical (unpaired) electrons. The smallest absolute Gasteiger partial charge is 0.387 e. The SMILES string of the molecule is NC(=Nc1ccc(C(O)C(F)(F)F)cc1)/C(C=O)=C\NC1CCCCC1. The van der Waals surface area contributed by atoms with Crippen LogP contribution in [0.1, 0.15) is 43.8 Å². The number of amidine groups is 1. The third-order valence-electron chi connectivity index (χ3n) is 4.27. The number of aldehydes is 1. The van der Waals surface area contributed by atoms with E-state index in [1.54, 1.807) is 0 Å². The van der Waals surface area contributed by atoms with Crippen LogP contribution in [0.2, 0.25) is 0 Å². The maximum absolute atomic E-state index is 12.5. The summed E-state index contributed by atoms with van der Waals surface area (Å²) in [5, 5.41) is 12.4. The molecule has 26 heavy (non-hydrogen) atoms. The standard InChI is InChI=1S/C18H22F3N3O2/c19-18(20,21)16(26)12-6-8-15(9-7-12)24-17(22)13(11-25)10-23-14-4-2-1-3-5-14/h6-11,14,16,23,26H,1-5H2,(H2,22,24)/b13-10-. The molecule has 1 aromatic rings. The van der Waals surface area contributed by atoms with Crippen molar-refractivity contribution in [3.8, 4) is 0 Å². The predicted molar refractivity (Wildman–Crippen MR) is 92.9 cm³/mol. The fraction of sp³-hybridized carbons (Fsp3) is 0.444. The van der Waals surface area contributed by atoms with Gasteiger partial charge in [-0.25, -0.2) is 4.99 Å². The van der Waals surface area contributed by atoms with Gasteiger partial charge in [-0.05, 0) is 30.5 Å². The molecule has 0 amide bonds. The Morgan fingerprint density at radius 2 is 1.85 bits per heavy atom. The fourth-order valence-corrected chi connectivity index (χ4v) is 2.77. The van der Waals surface area contributed by atoms with Gasteiger partial charge in [-0.3, -0.25) is 4.79 Å². The van der Waals surface area contributed by atoms with Crippen LogP contribution in [-0.2, 0) is 4.79 Å². The van der Waals surface area contributed by atoms with Gasteiger partial charge in [0.25, 0.3) is 0 Å². The van der Waals surface area contributed by atoms with E-state index in [1.165, 1.54) is 24.8 Å². The highest BCUT2D eigenvalue weighted by atomic mass is 19.4. The Morgan fingerprint density at radius 1 is 1.23 bits per heavy atom. The second kappa shape index (κ2) is 8.84. The lowest BCUT2D eigenvalue weighted by Crippen LogP contribution is -2.28. The quantitative estimate of drug-likeness (QED) is 0.311. The highest BCUT2D eigenvalue weighted by Gasteiger charge is 2.39. The zero-order chi connectivity index (χ0) is 19.2. The first-order valence-electron chi connectivity index (χ1n) is 8.42. The zero-order valence-corrected chi connectivity index (χ0v) is 14.2. The Morgan fingerprint density at radius 3 is 2.38 bits per heavy atom. The number of benzene rings is 1. The van der Waals surface area contributed by atoms with Crippen molar-refractivity contribution in [1.82, 2.24) is 5.32 Å². The number of aliphatic imine (C=N–C) groups is 1. The summed E-state index contributed by atoms with van der Waals surface area (Å²) in [7, 11) is 0. The maximum atomic E-state index is 12.5. The summed E-state index contributed by atoms with van der Waals surface area (Å²) in [5.41, 5.74) is 5.99. The van der Waals surface area contributed by atoms with Gasteiger partial charge in [-0.15, -0.1) is 0 Å². The predicted octanol–water partition coefficient (Wildman–Crippen LogP) is 3.28. The molecule has 1 fully saturated rings. The maximum Gasteiger partial charge on any atom is 0.418 e. The molecule has 0 aliphatic heterocycles. The summed E-state index contributed by atoms with van der Waals surface area (Å²) in [6.07, 6.45) is 0.379. The van der Waals surface area contributed by atoms with Crippen molar-refractivity contribution in [3.05, 3.63) is 41.6 Å². The first-order valence-corrected chi connectivity index (χ1v) is 8.42. The molecule has 5 nitrogen and oxygen atoms in total. The summed E-state index contributed by atoms with van der Waals surface area (Å²) >= 11 is 0. The largest absolute Gasteiger partial charge is 0.418 e. The van der Waals surface area contributed by atoms with Crippen molar-refractivity contribution >= 4 is 17.8 Å². The number of alkyl halides is 3. The topological polar surface area (TPSA) is 87.7 Å². The number of carbonyl (C=O) groups excluding carboxylic acids is 1. The molecular formula is C18H22F3N3O2. The number of carbonyl (C=O) groups is 1. The first kappa shape index (κ1) is 20.0. The molecule has 0 bridgehead atoms. The third kappa shape index (κ3) is 5.59. The number of aliphatic hydroxyl groups excluding tert-OH is 1. The Hall–Kier alpha value is -2.35. The summed E-state index contributed by atoms with van der Waals surface area (Å²) in [6, 6.07) is 5.14. The van der Waals surface area contributed by atoms with Crippen molar-refractivity contribution < 1.29 is 23.1 Å². The molecule has 142 valence electrons. The molecule has 2 rings (SSSR count). The van der Waals surface area contributed by atoms with Gasteiger partial charge in [0.05, 0.1) is 11.3 Å². The van der Waals surface area contributed by atoms with Gasteiger partial charge in [0, 0.05) is 12.2 Å². The number of hydrogen-bond acceptors (Lipinski definition) is 4. The van der Waals surface area contributed by atoms with Crippen LogP contribution in [0.3, 0.4) is 0 Å². The van der Waals surface area contributed by atoms with Crippen molar-refractivity contribution in [2.75, 3.05) is 0 Å². The van der Waals surface area contributed by atoms with Crippen molar-refractivity contribution in [2.45, 2.75) is 50.4 Å². The highest BCUT2D eigenvalue weighted by molar-refractivity contribution is 6.13. The van der Waals surface area contributed by atoms with Crippen LogP contribution in [0.15, 0.2) is 41.0 Å². The number of nitrogens with zero attached hydrogens (tertiary/aromatic N) is 1. The monoisotopic (exact) mass is 369 g/mol. The van der Waals surface area contributed by atoms with Crippen molar-refractivity contribution in [3.63, 3.8) is 0 Å². The Bertz CT molecular complexity index is 663. The lowest BCUT2D eigenvalue weighted by molar-refractivity contribution is -0.206. The van der Waals surface area contributed by atoms with E-state index in [0.29, 0.717) is 12.3 Å². The van der Waals surface area contributed by atoms with Gasteiger partial charge in [0.15, 0.2) is 12.4 Å². The van der Waals surface area contributed by atoms with Crippen LogP contribution < -0.4 is 11.1 Å². The van der Waals surface area contributed by atoms with Gasteiger partial charge in [0.1, 0.15) is 5.84 Å². The van der Waals surface area contributed by atoms with E-state index < -0.39 is 12.3 Å². The van der Waals surface area contributed by atoms with Crippen molar-refractivity contribution in [2.24, 2.45) is 10.7 Å². The van der Waals surface area contributed by atoms with E-state index in [9.17, 15) is 23.1 Å². The highest BCUT2D eigenvalue weighted by Crippen LogP contribution is 2.33. The zero-order valence-electron chi connectivity index (χ0n) is 14.2. The number of nitrogens with one attached hydrogen (secondary N) is 1. The Kier molecular flexibility index (Phi) is 6.79. The molecule has 1 unspecified atom stereocenters. The normalized spacial score (nSPS) is 18.5. The van der Waals surface area contributed by atoms with Crippen LogP contribution in [0.25, 0.3) is 0 Å². The first-order chi connectivity index (χ1) is 12.3. The molecule has 1 aliphatic rings. The number of aliphatic hydroxyl groups is 1. The van der Waals surface area contributed by atoms with E-state index in [1.807, 2.05) is 0 Å². The Labute approximate surface area is 149 Å². The summed E-state index contributed by atoms with van der Waals surface area (Å²) < 4.78 is 37.5. The Balaban J connectivity index is 2.07. The average Bonchev–Trinajstić information content (AvgIpc) is 2.62. The van der Waals surface area contributed by atoms with Gasteiger partial charge >= 0.3 is 6.18 Å². The molecule has 8 heteroatoms. The van der Waals surface area contributed by atoms with Crippen LogP contribution in [0.5, 0.6) is 0 Å². The second-order valence-corrected chi connectivity index (χ2v) is 6.25. The molecule has 0 heterocycles. The van der Waals surface area contributed by atoms with E-state index >= 15 is 0 Å². The fourth-order valence-electron chi connectivity index (χ4n) is 2.77. The van der Waals surface area contributed by atoms with Crippen LogP contribution in [0, 0.1) is 0 Å². The summed E-state index contributed by atoms with van der Waals surface area (Å²) in [6.45, 7) is 0. The van der Waals surface area contributed by atoms with Crippen LogP contribution in [-0.4, -0.2) is 29.4 Å². The van der Waals surface area contributed by atoms with Gasteiger partial charge < -0.3 is 16.2 Å². The van der Waals surface area contributed by atoms with E-state index in [-0.39, 0.29) is 22.7 Å². The second-order valence-electron chi connectivity index (χ2n) is 6.25. The minimum Gasteiger partial charge on any atom is -0.387 e. The minimum atomic E-state index is -4.73. The van der Waals surface area contributed by atoms with Crippen LogP contribution >= 0.6 is 0 Å². The van der Waals surface area contributed by atoms with E-state index in [2.05, 4.69) is 10.3 Å². The lowest BCUT2D eigenvalue weighted by atomic mass is 9.96. The molecule has 0 saturated heterocycles. The number of halogens is 3. The number of hydrogen-bond donors (Lipinski definition) is 3. The number of nitrogens with two attached hydrogens (primary N) is 1. The van der Waals surface area contributed by atoms with Gasteiger partial charge in [-0.1, -0.05) is 31.4 Å². The number of rotatable bonds is 6. The molecule has 0 aromatic heterocycles. The van der Waals surface area contributed by atoms with Crippen molar-refractivity contribution in [1.29, 1.82) is 0 Å². The van der Waals surface area contributed by atoms with Crippen LogP contribution in [0.4, 0.5) is 18.9 Å². The van der Waals surface area contributed by atoms with E-state index in [4.69, 9.17) is 5.73 Å². The molecular weight excluding hydrogens is 347 g/mol. The molecule has 1 aromatic carbocycles. The lowest BCUT2D eigenvalue weighted by Gasteiger charge is -2.22. The van der Waals surface area contributed by atoms with Gasteiger partial charge in [0.2, 0.25) is 0 Å². The molecule has 1 saturated carbocycles. The van der Waals surface area contributed by atoms with E-state index in [0.717, 1.165) is 37.8 Å². The molecule has 4 N–H and O–H groups in total. The third-order valence-corrected chi connectivity index (χ3v) is 4.27. The van der Waals surface area contributed by atoms with Gasteiger partial charge in [-0.2, -0.15) is 13.2 Å². The molecule has 1 atom stereocenters.